The number of rotatable bonds is 38. The zero-order chi connectivity index (χ0) is 41.5. The summed E-state index contributed by atoms with van der Waals surface area (Å²) < 4.78 is 32.5. The summed E-state index contributed by atoms with van der Waals surface area (Å²) in [5.74, 6) is -1.17. The lowest BCUT2D eigenvalue weighted by Crippen LogP contribution is -2.30. The summed E-state index contributed by atoms with van der Waals surface area (Å²) in [6.07, 6.45) is 33.3. The average molecular weight is 814 g/mol. The van der Waals surface area contributed by atoms with Gasteiger partial charge in [-0.25, -0.2) is 4.57 Å². The van der Waals surface area contributed by atoms with Crippen LogP contribution in [0.1, 0.15) is 149 Å². The minimum absolute atomic E-state index is 0.00566. The molecule has 0 bridgehead atoms. The maximum Gasteiger partial charge on any atom is 0.472 e. The van der Waals surface area contributed by atoms with Gasteiger partial charge in [0.1, 0.15) is 6.61 Å². The Labute approximate surface area is 337 Å². The average Bonchev–Trinajstić information content (AvgIpc) is 3.17. The van der Waals surface area contributed by atoms with Crippen molar-refractivity contribution in [1.29, 1.82) is 0 Å². The third-order valence-corrected chi connectivity index (χ3v) is 9.73. The number of nitrogens with two attached hydrogens (primary N) is 1. The number of carbonyl (C=O) groups excluding carboxylic acids is 2. The van der Waals surface area contributed by atoms with Gasteiger partial charge in [0.05, 0.1) is 31.5 Å². The Bertz CT molecular complexity index is 1160. The number of ether oxygens (including phenoxy) is 2. The van der Waals surface area contributed by atoms with Gasteiger partial charge >= 0.3 is 19.8 Å². The van der Waals surface area contributed by atoms with Crippen LogP contribution in [-0.2, 0) is 32.7 Å². The van der Waals surface area contributed by atoms with E-state index >= 15 is 0 Å². The van der Waals surface area contributed by atoms with E-state index in [0.29, 0.717) is 6.42 Å². The molecule has 0 aromatic heterocycles. The van der Waals surface area contributed by atoms with Gasteiger partial charge in [0.25, 0.3) is 0 Å². The number of unbranched alkanes of at least 4 members (excludes halogenated alkanes) is 13. The zero-order valence-electron chi connectivity index (χ0n) is 34.4. The highest BCUT2D eigenvalue weighted by atomic mass is 31.2. The summed E-state index contributed by atoms with van der Waals surface area (Å²) in [6, 6.07) is 0. The zero-order valence-corrected chi connectivity index (χ0v) is 35.3. The summed E-state index contributed by atoms with van der Waals surface area (Å²) in [6.45, 7) is 3.19. The number of phosphoric ester groups is 1. The molecule has 0 rings (SSSR count). The Kier molecular flexibility index (Phi) is 36.5. The predicted octanol–water partition coefficient (Wildman–Crippen LogP) is 8.63. The first-order chi connectivity index (χ1) is 27.0. The standard InChI is InChI=1S/C43H76NO11P/c1-3-5-7-8-9-10-11-12-13-14-15-16-17-22-26-32-42(48)52-36-39(37-54-56(50,51)53-35-34-44)55-43(49)33-27-31-41(47)40(46)30-25-21-19-18-20-24-29-38(45)28-23-6-4-2/h12-13,18-21,24-25,29-30,38-41,45-47H,3-11,14-17,22-23,26-28,31-37,44H2,1-2H3,(H,50,51)/b13-12-,20-18+,21-19-,29-24-,30-25-. The van der Waals surface area contributed by atoms with E-state index < -0.39 is 50.8 Å². The predicted molar refractivity (Wildman–Crippen MR) is 224 cm³/mol. The molecule has 324 valence electrons. The molecule has 56 heavy (non-hydrogen) atoms. The fraction of sp³-hybridized carbons (Fsp3) is 0.721. The van der Waals surface area contributed by atoms with Crippen molar-refractivity contribution in [2.24, 2.45) is 5.73 Å². The van der Waals surface area contributed by atoms with Crippen LogP contribution >= 0.6 is 7.82 Å². The minimum atomic E-state index is -4.48. The van der Waals surface area contributed by atoms with Crippen molar-refractivity contribution < 1.29 is 52.9 Å². The number of phosphoric acid groups is 1. The molecule has 0 aliphatic heterocycles. The molecule has 0 spiro atoms. The molecule has 0 fully saturated rings. The number of aliphatic hydroxyl groups is 3. The van der Waals surface area contributed by atoms with Crippen LogP contribution in [0.25, 0.3) is 0 Å². The van der Waals surface area contributed by atoms with Crippen LogP contribution in [0.15, 0.2) is 60.8 Å². The van der Waals surface area contributed by atoms with Crippen LogP contribution in [0.5, 0.6) is 0 Å². The van der Waals surface area contributed by atoms with Crippen molar-refractivity contribution in [2.45, 2.75) is 173 Å². The van der Waals surface area contributed by atoms with Crippen LogP contribution in [0.4, 0.5) is 0 Å². The monoisotopic (exact) mass is 814 g/mol. The molecule has 0 saturated heterocycles. The van der Waals surface area contributed by atoms with E-state index in [4.69, 9.17) is 24.3 Å². The third kappa shape index (κ3) is 36.0. The van der Waals surface area contributed by atoms with E-state index in [2.05, 4.69) is 26.0 Å². The maximum absolute atomic E-state index is 12.6. The number of aliphatic hydroxyl groups excluding tert-OH is 3. The van der Waals surface area contributed by atoms with Gasteiger partial charge < -0.3 is 35.4 Å². The van der Waals surface area contributed by atoms with Gasteiger partial charge in [0.15, 0.2) is 6.10 Å². The quantitative estimate of drug-likeness (QED) is 0.0131. The van der Waals surface area contributed by atoms with Crippen molar-refractivity contribution in [3.05, 3.63) is 60.8 Å². The van der Waals surface area contributed by atoms with Crippen LogP contribution < -0.4 is 5.73 Å². The number of esters is 2. The number of hydrogen-bond acceptors (Lipinski definition) is 11. The van der Waals surface area contributed by atoms with Crippen molar-refractivity contribution in [3.63, 3.8) is 0 Å². The Morgan fingerprint density at radius 1 is 0.643 bits per heavy atom. The highest BCUT2D eigenvalue weighted by Crippen LogP contribution is 2.43. The molecule has 0 amide bonds. The second kappa shape index (κ2) is 38.1. The molecule has 0 radical (unpaired) electrons. The summed E-state index contributed by atoms with van der Waals surface area (Å²) in [5.41, 5.74) is 5.32. The van der Waals surface area contributed by atoms with Gasteiger partial charge in [0.2, 0.25) is 0 Å². The molecule has 13 heteroatoms. The molecule has 5 unspecified atom stereocenters. The van der Waals surface area contributed by atoms with Gasteiger partial charge in [-0.2, -0.15) is 0 Å². The van der Waals surface area contributed by atoms with Gasteiger partial charge in [-0.1, -0.05) is 145 Å². The first-order valence-electron chi connectivity index (χ1n) is 21.1. The SMILES string of the molecule is CCCCCCCC/C=C\CCCCCCCC(=O)OCC(COP(=O)(O)OCCN)OC(=O)CCCC(O)C(O)\C=C/C=C\C=C\C=C/C(O)CCCCC. The summed E-state index contributed by atoms with van der Waals surface area (Å²) in [5, 5.41) is 30.5. The molecular weight excluding hydrogens is 737 g/mol. The fourth-order valence-corrected chi connectivity index (χ4v) is 6.19. The normalized spacial score (nSPS) is 15.6. The maximum atomic E-state index is 12.6. The number of carbonyl (C=O) groups is 2. The Balaban J connectivity index is 4.55. The van der Waals surface area contributed by atoms with Crippen molar-refractivity contribution in [3.8, 4) is 0 Å². The lowest BCUT2D eigenvalue weighted by Gasteiger charge is -2.20. The first kappa shape index (κ1) is 53.6. The second-order valence-corrected chi connectivity index (χ2v) is 15.5. The molecule has 0 aliphatic rings. The van der Waals surface area contributed by atoms with E-state index in [1.54, 1.807) is 42.5 Å². The molecule has 0 saturated carbocycles. The number of hydrogen-bond donors (Lipinski definition) is 5. The van der Waals surface area contributed by atoms with E-state index in [0.717, 1.165) is 64.2 Å². The molecule has 0 aromatic carbocycles. The van der Waals surface area contributed by atoms with E-state index in [1.807, 2.05) is 0 Å². The van der Waals surface area contributed by atoms with Gasteiger partial charge in [-0.05, 0) is 51.4 Å². The van der Waals surface area contributed by atoms with Gasteiger partial charge in [-0.3, -0.25) is 18.6 Å². The minimum Gasteiger partial charge on any atom is -0.462 e. The molecule has 5 atom stereocenters. The smallest absolute Gasteiger partial charge is 0.462 e. The second-order valence-electron chi connectivity index (χ2n) is 14.1. The molecule has 12 nitrogen and oxygen atoms in total. The fourth-order valence-electron chi connectivity index (χ4n) is 5.42. The Morgan fingerprint density at radius 2 is 1.20 bits per heavy atom. The molecule has 0 aromatic rings. The Morgan fingerprint density at radius 3 is 1.84 bits per heavy atom. The number of allylic oxidation sites excluding steroid dienone is 8. The van der Waals surface area contributed by atoms with Crippen molar-refractivity contribution in [2.75, 3.05) is 26.4 Å². The third-order valence-electron chi connectivity index (χ3n) is 8.74. The topological polar surface area (TPSA) is 195 Å². The van der Waals surface area contributed by atoms with Crippen molar-refractivity contribution in [1.82, 2.24) is 0 Å². The largest absolute Gasteiger partial charge is 0.472 e. The molecule has 0 aliphatic carbocycles. The Hall–Kier alpha value is -2.41. The first-order valence-corrected chi connectivity index (χ1v) is 22.6. The highest BCUT2D eigenvalue weighted by Gasteiger charge is 2.26. The van der Waals surface area contributed by atoms with E-state index in [1.165, 1.54) is 44.6 Å². The molecule has 6 N–H and O–H groups in total. The van der Waals surface area contributed by atoms with E-state index in [-0.39, 0.29) is 45.4 Å². The lowest BCUT2D eigenvalue weighted by molar-refractivity contribution is -0.161. The van der Waals surface area contributed by atoms with Crippen LogP contribution in [0.2, 0.25) is 0 Å². The molecular formula is C43H76NO11P. The van der Waals surface area contributed by atoms with Crippen LogP contribution in [0, 0.1) is 0 Å². The van der Waals surface area contributed by atoms with Gasteiger partial charge in [-0.15, -0.1) is 0 Å². The lowest BCUT2D eigenvalue weighted by atomic mass is 10.1. The molecule has 0 heterocycles. The van der Waals surface area contributed by atoms with Gasteiger partial charge in [0, 0.05) is 19.4 Å². The van der Waals surface area contributed by atoms with Crippen LogP contribution in [-0.4, -0.2) is 82.9 Å². The highest BCUT2D eigenvalue weighted by molar-refractivity contribution is 7.47. The van der Waals surface area contributed by atoms with Crippen LogP contribution in [0.3, 0.4) is 0 Å². The summed E-state index contributed by atoms with van der Waals surface area (Å²) in [7, 11) is -4.48. The summed E-state index contributed by atoms with van der Waals surface area (Å²) in [4.78, 5) is 34.9. The van der Waals surface area contributed by atoms with E-state index in [9.17, 15) is 34.4 Å². The van der Waals surface area contributed by atoms with Crippen molar-refractivity contribution >= 4 is 19.8 Å². The summed E-state index contributed by atoms with van der Waals surface area (Å²) >= 11 is 0.